The molecule has 2 nitrogen and oxygen atoms in total. The molecule has 0 aromatic heterocycles. The van der Waals surface area contributed by atoms with Crippen molar-refractivity contribution in [1.29, 1.82) is 0 Å². The number of nitrogens with two attached hydrogens (primary N) is 1. The van der Waals surface area contributed by atoms with Crippen LogP contribution in [-0.4, -0.2) is 11.6 Å². The summed E-state index contributed by atoms with van der Waals surface area (Å²) < 4.78 is 0. The molecule has 0 unspecified atom stereocenters. The number of hydrogen-bond donors (Lipinski definition) is 1. The molecule has 1 aliphatic rings. The number of allylic oxidation sites excluding steroid dienone is 2. The van der Waals surface area contributed by atoms with Gasteiger partial charge in [-0.1, -0.05) is 12.2 Å². The van der Waals surface area contributed by atoms with Crippen LogP contribution in [0.3, 0.4) is 0 Å². The van der Waals surface area contributed by atoms with Crippen molar-refractivity contribution in [1.82, 2.24) is 5.01 Å². The molecular formula is C5H9IN2. The van der Waals surface area contributed by atoms with Gasteiger partial charge in [-0.3, -0.25) is 0 Å². The van der Waals surface area contributed by atoms with E-state index in [1.165, 1.54) is 0 Å². The van der Waals surface area contributed by atoms with Gasteiger partial charge in [-0.05, 0) is 6.08 Å². The standard InChI is InChI=1S/C5H8N2.HI/c6-7-4-2-1-3-5-7;/h1-4H,5-6H2;1H. The zero-order valence-electron chi connectivity index (χ0n) is 4.45. The Morgan fingerprint density at radius 1 is 1.38 bits per heavy atom. The maximum absolute atomic E-state index is 5.33. The summed E-state index contributed by atoms with van der Waals surface area (Å²) in [6, 6.07) is 0. The maximum atomic E-state index is 5.33. The second kappa shape index (κ2) is 3.91. The van der Waals surface area contributed by atoms with E-state index in [0.717, 1.165) is 6.54 Å². The fraction of sp³-hybridized carbons (Fsp3) is 0.200. The predicted molar refractivity (Wildman–Crippen MR) is 44.6 cm³/mol. The van der Waals surface area contributed by atoms with Crippen LogP contribution >= 0.6 is 24.0 Å². The van der Waals surface area contributed by atoms with Gasteiger partial charge in [0, 0.05) is 6.20 Å². The van der Waals surface area contributed by atoms with E-state index in [1.807, 2.05) is 24.4 Å². The van der Waals surface area contributed by atoms with Crippen molar-refractivity contribution in [3.05, 3.63) is 24.4 Å². The maximum Gasteiger partial charge on any atom is 0.0519 e. The quantitative estimate of drug-likeness (QED) is 0.488. The highest BCUT2D eigenvalue weighted by Gasteiger charge is 1.86. The minimum Gasteiger partial charge on any atom is -0.314 e. The Labute approximate surface area is 66.0 Å². The van der Waals surface area contributed by atoms with Crippen LogP contribution in [0.5, 0.6) is 0 Å². The fourth-order valence-electron chi connectivity index (χ4n) is 0.482. The molecule has 0 amide bonds. The van der Waals surface area contributed by atoms with E-state index < -0.39 is 0 Å². The molecule has 0 aromatic carbocycles. The molecule has 0 spiro atoms. The highest BCUT2D eigenvalue weighted by molar-refractivity contribution is 14.0. The van der Waals surface area contributed by atoms with Crippen LogP contribution in [0.2, 0.25) is 0 Å². The van der Waals surface area contributed by atoms with Crippen LogP contribution in [0.15, 0.2) is 24.4 Å². The van der Waals surface area contributed by atoms with Gasteiger partial charge in [-0.2, -0.15) is 0 Å². The van der Waals surface area contributed by atoms with Gasteiger partial charge in [-0.15, -0.1) is 24.0 Å². The molecule has 0 saturated carbocycles. The molecule has 0 radical (unpaired) electrons. The van der Waals surface area contributed by atoms with Gasteiger partial charge in [0.1, 0.15) is 0 Å². The lowest BCUT2D eigenvalue weighted by Crippen LogP contribution is -2.25. The van der Waals surface area contributed by atoms with Gasteiger partial charge >= 0.3 is 0 Å². The van der Waals surface area contributed by atoms with Crippen molar-refractivity contribution in [3.8, 4) is 0 Å². The molecule has 1 heterocycles. The summed E-state index contributed by atoms with van der Waals surface area (Å²) in [5, 5.41) is 1.62. The first-order valence-corrected chi connectivity index (χ1v) is 2.24. The van der Waals surface area contributed by atoms with Gasteiger partial charge in [0.2, 0.25) is 0 Å². The van der Waals surface area contributed by atoms with E-state index in [-0.39, 0.29) is 24.0 Å². The molecular weight excluding hydrogens is 215 g/mol. The Morgan fingerprint density at radius 3 is 2.38 bits per heavy atom. The normalized spacial score (nSPS) is 15.9. The van der Waals surface area contributed by atoms with Crippen molar-refractivity contribution in [2.45, 2.75) is 0 Å². The van der Waals surface area contributed by atoms with E-state index in [2.05, 4.69) is 0 Å². The van der Waals surface area contributed by atoms with Crippen LogP contribution in [0.4, 0.5) is 0 Å². The Bertz CT molecular complexity index is 109. The summed E-state index contributed by atoms with van der Waals surface area (Å²) in [7, 11) is 0. The highest BCUT2D eigenvalue weighted by Crippen LogP contribution is 1.88. The Kier molecular flexibility index (Phi) is 3.90. The van der Waals surface area contributed by atoms with Gasteiger partial charge in [-0.25, -0.2) is 5.84 Å². The summed E-state index contributed by atoms with van der Waals surface area (Å²) in [6.45, 7) is 0.830. The van der Waals surface area contributed by atoms with E-state index in [9.17, 15) is 0 Å². The molecule has 8 heavy (non-hydrogen) atoms. The van der Waals surface area contributed by atoms with Crippen LogP contribution in [0.25, 0.3) is 0 Å². The minimum absolute atomic E-state index is 0. The second-order valence-corrected chi connectivity index (χ2v) is 1.47. The lowest BCUT2D eigenvalue weighted by molar-refractivity contribution is 0.434. The number of rotatable bonds is 0. The summed E-state index contributed by atoms with van der Waals surface area (Å²) >= 11 is 0. The Morgan fingerprint density at radius 2 is 2.12 bits per heavy atom. The Hall–Kier alpha value is -0.0300. The van der Waals surface area contributed by atoms with Gasteiger partial charge in [0.25, 0.3) is 0 Å². The zero-order chi connectivity index (χ0) is 5.11. The molecule has 3 heteroatoms. The lowest BCUT2D eigenvalue weighted by Gasteiger charge is -2.11. The summed E-state index contributed by atoms with van der Waals surface area (Å²) in [6.07, 6.45) is 7.72. The molecule has 0 saturated heterocycles. The monoisotopic (exact) mass is 224 g/mol. The van der Waals surface area contributed by atoms with E-state index in [1.54, 1.807) is 5.01 Å². The molecule has 1 aliphatic heterocycles. The number of nitrogens with zero attached hydrogens (tertiary/aromatic N) is 1. The third kappa shape index (κ3) is 2.32. The van der Waals surface area contributed by atoms with Crippen LogP contribution in [0.1, 0.15) is 0 Å². The highest BCUT2D eigenvalue weighted by atomic mass is 127. The third-order valence-electron chi connectivity index (χ3n) is 0.841. The lowest BCUT2D eigenvalue weighted by atomic mass is 10.4. The molecule has 1 rings (SSSR count). The van der Waals surface area contributed by atoms with Gasteiger partial charge in [0.15, 0.2) is 0 Å². The first kappa shape index (κ1) is 7.97. The predicted octanol–water partition coefficient (Wildman–Crippen LogP) is 0.864. The van der Waals surface area contributed by atoms with Crippen molar-refractivity contribution >= 4 is 24.0 Å². The number of halogens is 1. The molecule has 0 bridgehead atoms. The molecule has 46 valence electrons. The minimum atomic E-state index is 0. The first-order valence-electron chi connectivity index (χ1n) is 2.24. The van der Waals surface area contributed by atoms with Crippen molar-refractivity contribution < 1.29 is 0 Å². The van der Waals surface area contributed by atoms with Crippen molar-refractivity contribution in [2.75, 3.05) is 6.54 Å². The van der Waals surface area contributed by atoms with E-state index in [0.29, 0.717) is 0 Å². The first-order chi connectivity index (χ1) is 3.39. The van der Waals surface area contributed by atoms with Crippen molar-refractivity contribution in [3.63, 3.8) is 0 Å². The largest absolute Gasteiger partial charge is 0.314 e. The topological polar surface area (TPSA) is 29.3 Å². The molecule has 0 atom stereocenters. The second-order valence-electron chi connectivity index (χ2n) is 1.47. The van der Waals surface area contributed by atoms with Crippen molar-refractivity contribution in [2.24, 2.45) is 5.84 Å². The smallest absolute Gasteiger partial charge is 0.0519 e. The number of hydrazine groups is 1. The third-order valence-corrected chi connectivity index (χ3v) is 0.841. The molecule has 0 fully saturated rings. The molecule has 0 aromatic rings. The Balaban J connectivity index is 0.000000490. The summed E-state index contributed by atoms with van der Waals surface area (Å²) in [5.74, 6) is 5.33. The zero-order valence-corrected chi connectivity index (χ0v) is 6.78. The fourth-order valence-corrected chi connectivity index (χ4v) is 0.482. The summed E-state index contributed by atoms with van der Waals surface area (Å²) in [5.41, 5.74) is 0. The van der Waals surface area contributed by atoms with Gasteiger partial charge in [0.05, 0.1) is 6.54 Å². The van der Waals surface area contributed by atoms with Crippen LogP contribution in [0, 0.1) is 0 Å². The molecule has 2 N–H and O–H groups in total. The van der Waals surface area contributed by atoms with E-state index in [4.69, 9.17) is 5.84 Å². The van der Waals surface area contributed by atoms with Crippen LogP contribution in [-0.2, 0) is 0 Å². The summed E-state index contributed by atoms with van der Waals surface area (Å²) in [4.78, 5) is 0. The SMILES string of the molecule is I.NN1C=CC=CC1. The average Bonchev–Trinajstić information content (AvgIpc) is 1.69. The van der Waals surface area contributed by atoms with Gasteiger partial charge < -0.3 is 5.01 Å². The molecule has 0 aliphatic carbocycles. The number of hydrogen-bond acceptors (Lipinski definition) is 2. The van der Waals surface area contributed by atoms with Crippen LogP contribution < -0.4 is 5.84 Å². The average molecular weight is 224 g/mol. The van der Waals surface area contributed by atoms with E-state index >= 15 is 0 Å².